The Morgan fingerprint density at radius 2 is 1.77 bits per heavy atom. The number of anilines is 1. The van der Waals surface area contributed by atoms with Crippen molar-refractivity contribution in [1.29, 1.82) is 0 Å². The number of ether oxygens (including phenoxy) is 1. The van der Waals surface area contributed by atoms with Gasteiger partial charge in [0.25, 0.3) is 0 Å². The number of unbranched alkanes of at least 4 members (excludes halogenated alkanes) is 1. The molecular formula is C19H20BrN3O3. The van der Waals surface area contributed by atoms with Crippen LogP contribution in [-0.4, -0.2) is 24.6 Å². The van der Waals surface area contributed by atoms with Crippen LogP contribution in [0.1, 0.15) is 25.3 Å². The van der Waals surface area contributed by atoms with Crippen LogP contribution in [-0.2, 0) is 9.59 Å². The number of halogens is 1. The van der Waals surface area contributed by atoms with Crippen LogP contribution >= 0.6 is 15.9 Å². The van der Waals surface area contributed by atoms with Crippen molar-refractivity contribution in [2.24, 2.45) is 5.10 Å². The fourth-order valence-electron chi connectivity index (χ4n) is 1.92. The van der Waals surface area contributed by atoms with Crippen molar-refractivity contribution in [2.45, 2.75) is 19.8 Å². The van der Waals surface area contributed by atoms with Gasteiger partial charge in [0, 0.05) is 10.2 Å². The highest BCUT2D eigenvalue weighted by Crippen LogP contribution is 2.14. The van der Waals surface area contributed by atoms with Gasteiger partial charge in [-0.05, 0) is 60.5 Å². The van der Waals surface area contributed by atoms with Crippen LogP contribution in [0.5, 0.6) is 5.75 Å². The monoisotopic (exact) mass is 417 g/mol. The van der Waals surface area contributed by atoms with Gasteiger partial charge in [-0.3, -0.25) is 9.59 Å². The maximum absolute atomic E-state index is 11.8. The Hall–Kier alpha value is -2.67. The first-order chi connectivity index (χ1) is 12.6. The summed E-state index contributed by atoms with van der Waals surface area (Å²) < 4.78 is 6.45. The summed E-state index contributed by atoms with van der Waals surface area (Å²) in [5, 5.41) is 6.28. The van der Waals surface area contributed by atoms with Crippen LogP contribution in [0.2, 0.25) is 0 Å². The Labute approximate surface area is 160 Å². The van der Waals surface area contributed by atoms with Gasteiger partial charge in [-0.15, -0.1) is 0 Å². The molecule has 0 aliphatic rings. The first-order valence-electron chi connectivity index (χ1n) is 8.21. The third-order valence-electron chi connectivity index (χ3n) is 3.33. The molecule has 0 fully saturated rings. The van der Waals surface area contributed by atoms with Gasteiger partial charge in [-0.25, -0.2) is 5.43 Å². The van der Waals surface area contributed by atoms with Crippen molar-refractivity contribution in [3.8, 4) is 5.75 Å². The Morgan fingerprint density at radius 1 is 1.08 bits per heavy atom. The van der Waals surface area contributed by atoms with Gasteiger partial charge in [0.1, 0.15) is 5.75 Å². The van der Waals surface area contributed by atoms with Gasteiger partial charge in [-0.1, -0.05) is 29.3 Å². The second-order valence-electron chi connectivity index (χ2n) is 5.43. The average Bonchev–Trinajstić information content (AvgIpc) is 2.65. The van der Waals surface area contributed by atoms with Crippen LogP contribution in [0.4, 0.5) is 5.69 Å². The molecule has 7 heteroatoms. The minimum Gasteiger partial charge on any atom is -0.494 e. The Kier molecular flexibility index (Phi) is 7.82. The zero-order valence-electron chi connectivity index (χ0n) is 14.4. The topological polar surface area (TPSA) is 79.8 Å². The molecule has 0 saturated carbocycles. The van der Waals surface area contributed by atoms with Gasteiger partial charge in [0.05, 0.1) is 12.8 Å². The van der Waals surface area contributed by atoms with Crippen LogP contribution in [0.15, 0.2) is 58.1 Å². The highest BCUT2D eigenvalue weighted by Gasteiger charge is 2.12. The largest absolute Gasteiger partial charge is 0.494 e. The van der Waals surface area contributed by atoms with Crippen molar-refractivity contribution in [3.05, 3.63) is 58.6 Å². The number of hydrazone groups is 1. The van der Waals surface area contributed by atoms with Crippen LogP contribution in [0.3, 0.4) is 0 Å². The molecule has 0 aromatic heterocycles. The van der Waals surface area contributed by atoms with E-state index < -0.39 is 11.8 Å². The quantitative estimate of drug-likeness (QED) is 0.311. The molecule has 0 aliphatic carbocycles. The van der Waals surface area contributed by atoms with Gasteiger partial charge < -0.3 is 10.1 Å². The first-order valence-corrected chi connectivity index (χ1v) is 9.00. The number of benzene rings is 2. The van der Waals surface area contributed by atoms with Gasteiger partial charge in [0.2, 0.25) is 0 Å². The van der Waals surface area contributed by atoms with Crippen molar-refractivity contribution in [2.75, 3.05) is 11.9 Å². The van der Waals surface area contributed by atoms with E-state index in [4.69, 9.17) is 4.74 Å². The van der Waals surface area contributed by atoms with E-state index in [0.29, 0.717) is 12.3 Å². The van der Waals surface area contributed by atoms with Crippen LogP contribution in [0, 0.1) is 0 Å². The number of carbonyl (C=O) groups is 2. The molecule has 0 unspecified atom stereocenters. The molecule has 0 radical (unpaired) electrons. The summed E-state index contributed by atoms with van der Waals surface area (Å²) in [6.07, 6.45) is 3.55. The van der Waals surface area contributed by atoms with Gasteiger partial charge in [-0.2, -0.15) is 5.10 Å². The number of carbonyl (C=O) groups excluding carboxylic acids is 2. The summed E-state index contributed by atoms with van der Waals surface area (Å²) in [6, 6.07) is 14.2. The lowest BCUT2D eigenvalue weighted by Gasteiger charge is -2.05. The van der Waals surface area contributed by atoms with E-state index in [1.54, 1.807) is 24.3 Å². The lowest BCUT2D eigenvalue weighted by Crippen LogP contribution is -2.32. The first kappa shape index (κ1) is 19.7. The summed E-state index contributed by atoms with van der Waals surface area (Å²) >= 11 is 3.30. The number of hydrogen-bond acceptors (Lipinski definition) is 4. The summed E-state index contributed by atoms with van der Waals surface area (Å²) in [5.74, 6) is -0.846. The van der Waals surface area contributed by atoms with E-state index in [-0.39, 0.29) is 0 Å². The Bertz CT molecular complexity index is 759. The maximum atomic E-state index is 11.8. The lowest BCUT2D eigenvalue weighted by molar-refractivity contribution is -0.136. The molecule has 26 heavy (non-hydrogen) atoms. The van der Waals surface area contributed by atoms with Crippen LogP contribution in [0.25, 0.3) is 0 Å². The highest BCUT2D eigenvalue weighted by molar-refractivity contribution is 9.10. The SMILES string of the molecule is CCCCOc1ccc(/C=N/NC(=O)C(=O)Nc2ccc(Br)cc2)cc1. The van der Waals surface area contributed by atoms with E-state index in [2.05, 4.69) is 38.7 Å². The van der Waals surface area contributed by atoms with E-state index >= 15 is 0 Å². The smallest absolute Gasteiger partial charge is 0.329 e. The van der Waals surface area contributed by atoms with Gasteiger partial charge in [0.15, 0.2) is 0 Å². The third-order valence-corrected chi connectivity index (χ3v) is 3.86. The maximum Gasteiger partial charge on any atom is 0.329 e. The minimum atomic E-state index is -0.844. The molecule has 136 valence electrons. The summed E-state index contributed by atoms with van der Waals surface area (Å²) in [7, 11) is 0. The lowest BCUT2D eigenvalue weighted by atomic mass is 10.2. The highest BCUT2D eigenvalue weighted by atomic mass is 79.9. The number of hydrogen-bond donors (Lipinski definition) is 2. The minimum absolute atomic E-state index is 0.524. The predicted molar refractivity (Wildman–Crippen MR) is 105 cm³/mol. The molecule has 0 bridgehead atoms. The molecule has 2 amide bonds. The van der Waals surface area contributed by atoms with Gasteiger partial charge >= 0.3 is 11.8 Å². The molecule has 2 rings (SSSR count). The molecule has 0 atom stereocenters. The van der Waals surface area contributed by atoms with Crippen LogP contribution < -0.4 is 15.5 Å². The van der Waals surface area contributed by atoms with Crippen molar-refractivity contribution in [1.82, 2.24) is 5.43 Å². The number of amides is 2. The molecule has 2 aromatic carbocycles. The Morgan fingerprint density at radius 3 is 2.42 bits per heavy atom. The molecule has 0 heterocycles. The van der Waals surface area contributed by atoms with E-state index in [1.807, 2.05) is 24.3 Å². The zero-order valence-corrected chi connectivity index (χ0v) is 16.0. The third kappa shape index (κ3) is 6.68. The average molecular weight is 418 g/mol. The molecule has 6 nitrogen and oxygen atoms in total. The van der Waals surface area contributed by atoms with E-state index in [1.165, 1.54) is 6.21 Å². The standard InChI is InChI=1S/C19H20BrN3O3/c1-2-3-12-26-17-10-4-14(5-11-17)13-21-23-19(25)18(24)22-16-8-6-15(20)7-9-16/h4-11,13H,2-3,12H2,1H3,(H,22,24)(H,23,25)/b21-13+. The Balaban J connectivity index is 1.80. The second-order valence-corrected chi connectivity index (χ2v) is 6.35. The summed E-state index contributed by atoms with van der Waals surface area (Å²) in [4.78, 5) is 23.5. The number of rotatable bonds is 7. The summed E-state index contributed by atoms with van der Waals surface area (Å²) in [5.41, 5.74) is 3.50. The number of nitrogens with zero attached hydrogens (tertiary/aromatic N) is 1. The zero-order chi connectivity index (χ0) is 18.8. The normalized spacial score (nSPS) is 10.5. The van der Waals surface area contributed by atoms with E-state index in [9.17, 15) is 9.59 Å². The van der Waals surface area contributed by atoms with Crippen molar-refractivity contribution < 1.29 is 14.3 Å². The van der Waals surface area contributed by atoms with Crippen molar-refractivity contribution >= 4 is 39.6 Å². The molecular weight excluding hydrogens is 398 g/mol. The fraction of sp³-hybridized carbons (Fsp3) is 0.211. The van der Waals surface area contributed by atoms with Crippen molar-refractivity contribution in [3.63, 3.8) is 0 Å². The molecule has 0 aliphatic heterocycles. The molecule has 0 spiro atoms. The molecule has 0 saturated heterocycles. The number of nitrogens with one attached hydrogen (secondary N) is 2. The fourth-order valence-corrected chi connectivity index (χ4v) is 2.19. The second kappa shape index (κ2) is 10.4. The summed E-state index contributed by atoms with van der Waals surface area (Å²) in [6.45, 7) is 2.80. The molecule has 2 aromatic rings. The molecule has 2 N–H and O–H groups in total. The van der Waals surface area contributed by atoms with E-state index in [0.717, 1.165) is 28.6 Å². The predicted octanol–water partition coefficient (Wildman–Crippen LogP) is 3.72.